The van der Waals surface area contributed by atoms with Crippen LogP contribution in [0.15, 0.2) is 36.4 Å². The second kappa shape index (κ2) is 9.22. The summed E-state index contributed by atoms with van der Waals surface area (Å²) >= 11 is 0. The fourth-order valence-corrected chi connectivity index (χ4v) is 4.20. The first-order valence-electron chi connectivity index (χ1n) is 10.3. The van der Waals surface area contributed by atoms with Gasteiger partial charge in [-0.15, -0.1) is 6.42 Å². The third-order valence-corrected chi connectivity index (χ3v) is 5.56. The van der Waals surface area contributed by atoms with E-state index in [0.717, 1.165) is 23.8 Å². The van der Waals surface area contributed by atoms with E-state index < -0.39 is 29.3 Å². The van der Waals surface area contributed by atoms with E-state index in [1.807, 2.05) is 13.0 Å². The molecule has 0 radical (unpaired) electrons. The second-order valence-corrected chi connectivity index (χ2v) is 8.66. The molecule has 0 saturated carbocycles. The number of hydrogen-bond acceptors (Lipinski definition) is 3. The lowest BCUT2D eigenvalue weighted by Gasteiger charge is -2.44. The molecule has 1 heterocycles. The number of terminal acetylenes is 1. The minimum Gasteiger partial charge on any atom is -0.466 e. The number of fused-ring (bicyclic) bond motifs is 1. The number of carbonyl (C=O) groups is 1. The smallest absolute Gasteiger partial charge is 0.330 e. The van der Waals surface area contributed by atoms with Gasteiger partial charge in [0.25, 0.3) is 0 Å². The van der Waals surface area contributed by atoms with E-state index in [-0.39, 0.29) is 23.7 Å². The van der Waals surface area contributed by atoms with Crippen molar-refractivity contribution < 1.29 is 22.7 Å². The van der Waals surface area contributed by atoms with Crippen LogP contribution < -0.4 is 0 Å². The largest absolute Gasteiger partial charge is 0.466 e. The molecule has 0 N–H and O–H groups in total. The zero-order chi connectivity index (χ0) is 23.6. The Bertz CT molecular complexity index is 1070. The Balaban J connectivity index is 2.16. The molecule has 0 aliphatic carbocycles. The molecule has 2 aromatic rings. The van der Waals surface area contributed by atoms with Gasteiger partial charge in [-0.3, -0.25) is 4.90 Å². The van der Waals surface area contributed by atoms with Crippen LogP contribution in [0.5, 0.6) is 0 Å². The number of methoxy groups -OCH3 is 1. The summed E-state index contributed by atoms with van der Waals surface area (Å²) in [7, 11) is 1.21. The van der Waals surface area contributed by atoms with Gasteiger partial charge in [-0.25, -0.2) is 18.0 Å². The summed E-state index contributed by atoms with van der Waals surface area (Å²) < 4.78 is 49.9. The number of rotatable bonds is 5. The van der Waals surface area contributed by atoms with Crippen LogP contribution in [-0.4, -0.2) is 36.2 Å². The van der Waals surface area contributed by atoms with Crippen molar-refractivity contribution in [3.8, 4) is 12.3 Å². The molecular formula is C26H26F3NO2. The molecule has 1 aliphatic heterocycles. The summed E-state index contributed by atoms with van der Waals surface area (Å²) in [6, 6.07) is 6.66. The van der Waals surface area contributed by atoms with Crippen LogP contribution in [0.2, 0.25) is 0 Å². The third kappa shape index (κ3) is 5.05. The molecule has 3 nitrogen and oxygen atoms in total. The molecule has 0 fully saturated rings. The van der Waals surface area contributed by atoms with Gasteiger partial charge in [-0.1, -0.05) is 12.0 Å². The Morgan fingerprint density at radius 3 is 2.50 bits per heavy atom. The minimum absolute atomic E-state index is 0.00195. The van der Waals surface area contributed by atoms with E-state index in [4.69, 9.17) is 6.42 Å². The molecule has 168 valence electrons. The molecular weight excluding hydrogens is 415 g/mol. The van der Waals surface area contributed by atoms with Crippen LogP contribution in [0.4, 0.5) is 13.2 Å². The first kappa shape index (κ1) is 23.6. The molecule has 2 aromatic carbocycles. The summed E-state index contributed by atoms with van der Waals surface area (Å²) in [6.07, 6.45) is 8.48. The average molecular weight is 441 g/mol. The highest BCUT2D eigenvalue weighted by Gasteiger charge is 2.39. The van der Waals surface area contributed by atoms with Crippen LogP contribution in [0.25, 0.3) is 6.08 Å². The van der Waals surface area contributed by atoms with Gasteiger partial charge in [0.15, 0.2) is 0 Å². The Morgan fingerprint density at radius 2 is 1.94 bits per heavy atom. The molecule has 0 spiro atoms. The summed E-state index contributed by atoms with van der Waals surface area (Å²) in [4.78, 5) is 13.1. The van der Waals surface area contributed by atoms with Crippen LogP contribution in [-0.2, 0) is 16.0 Å². The van der Waals surface area contributed by atoms with E-state index in [2.05, 4.69) is 10.7 Å². The van der Waals surface area contributed by atoms with Crippen LogP contribution in [0.3, 0.4) is 0 Å². The van der Waals surface area contributed by atoms with Gasteiger partial charge in [-0.05, 0) is 74.2 Å². The number of benzene rings is 2. The quantitative estimate of drug-likeness (QED) is 0.362. The lowest BCUT2D eigenvalue weighted by molar-refractivity contribution is -0.134. The highest BCUT2D eigenvalue weighted by atomic mass is 19.1. The monoisotopic (exact) mass is 441 g/mol. The maximum absolute atomic E-state index is 15.3. The predicted molar refractivity (Wildman–Crippen MR) is 119 cm³/mol. The Labute approximate surface area is 186 Å². The maximum Gasteiger partial charge on any atom is 0.330 e. The first-order chi connectivity index (χ1) is 15.0. The predicted octanol–water partition coefficient (Wildman–Crippen LogP) is 5.22. The molecule has 2 atom stereocenters. The number of carbonyl (C=O) groups excluding carboxylic acids is 1. The van der Waals surface area contributed by atoms with Crippen molar-refractivity contribution in [3.05, 3.63) is 75.9 Å². The normalized spacial score (nSPS) is 18.9. The van der Waals surface area contributed by atoms with Crippen molar-refractivity contribution in [1.82, 2.24) is 4.90 Å². The number of halogens is 3. The fraction of sp³-hybridized carbons (Fsp3) is 0.346. The van der Waals surface area contributed by atoms with Crippen molar-refractivity contribution in [3.63, 3.8) is 0 Å². The number of esters is 1. The van der Waals surface area contributed by atoms with Crippen LogP contribution in [0, 0.1) is 24.0 Å². The molecule has 0 saturated heterocycles. The topological polar surface area (TPSA) is 29.5 Å². The Hall–Kier alpha value is -3.04. The van der Waals surface area contributed by atoms with Gasteiger partial charge in [0, 0.05) is 29.8 Å². The van der Waals surface area contributed by atoms with E-state index in [9.17, 15) is 9.18 Å². The van der Waals surface area contributed by atoms with Crippen molar-refractivity contribution >= 4 is 12.0 Å². The highest BCUT2D eigenvalue weighted by molar-refractivity contribution is 5.86. The number of alkyl halides is 1. The van der Waals surface area contributed by atoms with Crippen LogP contribution >= 0.6 is 0 Å². The van der Waals surface area contributed by atoms with Crippen molar-refractivity contribution in [2.24, 2.45) is 0 Å². The number of nitrogens with zero attached hydrogens (tertiary/aromatic N) is 1. The summed E-state index contributed by atoms with van der Waals surface area (Å²) in [5.41, 5.74) is 0.711. The van der Waals surface area contributed by atoms with Gasteiger partial charge in [-0.2, -0.15) is 0 Å². The van der Waals surface area contributed by atoms with Crippen molar-refractivity contribution in [2.45, 2.75) is 44.9 Å². The Kier molecular flexibility index (Phi) is 6.80. The maximum atomic E-state index is 15.3. The second-order valence-electron chi connectivity index (χ2n) is 8.66. The van der Waals surface area contributed by atoms with E-state index >= 15 is 8.78 Å². The SMILES string of the molecule is C#Cc1ccc2c(c1)C[C@H](C)N(CC(C)(C)F)[C@H]2c1c(F)cc(/C=C/C(=O)OC)cc1F. The fourth-order valence-electron chi connectivity index (χ4n) is 4.20. The minimum atomic E-state index is -1.57. The van der Waals surface area contributed by atoms with Gasteiger partial charge >= 0.3 is 5.97 Å². The number of hydrogen-bond donors (Lipinski definition) is 0. The molecule has 1 aliphatic rings. The van der Waals surface area contributed by atoms with Crippen molar-refractivity contribution in [2.75, 3.05) is 13.7 Å². The highest BCUT2D eigenvalue weighted by Crippen LogP contribution is 2.41. The lowest BCUT2D eigenvalue weighted by atomic mass is 9.83. The zero-order valence-corrected chi connectivity index (χ0v) is 18.6. The first-order valence-corrected chi connectivity index (χ1v) is 10.3. The summed E-state index contributed by atoms with van der Waals surface area (Å²) in [5, 5.41) is 0. The molecule has 0 aromatic heterocycles. The van der Waals surface area contributed by atoms with Gasteiger partial charge in [0.05, 0.1) is 13.2 Å². The van der Waals surface area contributed by atoms with Gasteiger partial charge in [0.1, 0.15) is 17.3 Å². The van der Waals surface area contributed by atoms with Gasteiger partial charge < -0.3 is 4.74 Å². The summed E-state index contributed by atoms with van der Waals surface area (Å²) in [5.74, 6) is 0.402. The summed E-state index contributed by atoms with van der Waals surface area (Å²) in [6.45, 7) is 4.80. The van der Waals surface area contributed by atoms with E-state index in [1.165, 1.54) is 27.0 Å². The molecule has 0 bridgehead atoms. The van der Waals surface area contributed by atoms with Crippen LogP contribution in [0.1, 0.15) is 54.6 Å². The van der Waals surface area contributed by atoms with Gasteiger partial charge in [0.2, 0.25) is 0 Å². The molecule has 0 unspecified atom stereocenters. The van der Waals surface area contributed by atoms with Crippen molar-refractivity contribution in [1.29, 1.82) is 0 Å². The average Bonchev–Trinajstić information content (AvgIpc) is 2.72. The Morgan fingerprint density at radius 1 is 1.28 bits per heavy atom. The third-order valence-electron chi connectivity index (χ3n) is 5.56. The molecule has 0 amide bonds. The number of ether oxygens (including phenoxy) is 1. The molecule has 32 heavy (non-hydrogen) atoms. The molecule has 6 heteroatoms. The van der Waals surface area contributed by atoms with E-state index in [1.54, 1.807) is 17.0 Å². The van der Waals surface area contributed by atoms with E-state index in [0.29, 0.717) is 17.5 Å². The zero-order valence-electron chi connectivity index (χ0n) is 18.6. The molecule has 3 rings (SSSR count). The standard InChI is InChI=1S/C26H26F3NO2/c1-6-17-7-9-20-19(12-17)11-16(2)30(15-26(3,4)29)25(20)24-21(27)13-18(14-22(24)28)8-10-23(31)32-5/h1,7-10,12-14,16,25H,11,15H2,2-5H3/b10-8+/t16-,25+/m0/s1. The lowest BCUT2D eigenvalue weighted by Crippen LogP contribution is -2.48.